The van der Waals surface area contributed by atoms with E-state index in [1.807, 2.05) is 26.8 Å². The quantitative estimate of drug-likeness (QED) is 0.585. The second kappa shape index (κ2) is 11.9. The Balaban J connectivity index is 2.54. The van der Waals surface area contributed by atoms with Crippen LogP contribution in [0.3, 0.4) is 0 Å². The van der Waals surface area contributed by atoms with Crippen molar-refractivity contribution in [3.05, 3.63) is 35.9 Å². The van der Waals surface area contributed by atoms with Crippen molar-refractivity contribution in [1.29, 1.82) is 0 Å². The number of hydrogen-bond acceptors (Lipinski definition) is 4. The second-order valence-electron chi connectivity index (χ2n) is 7.80. The van der Waals surface area contributed by atoms with Crippen LogP contribution in [0.15, 0.2) is 30.3 Å². The molecular weight excluding hydrogens is 326 g/mol. The van der Waals surface area contributed by atoms with Gasteiger partial charge in [-0.25, -0.2) is 4.79 Å². The molecule has 0 radical (unpaired) electrons. The molecule has 5 nitrogen and oxygen atoms in total. The van der Waals surface area contributed by atoms with Gasteiger partial charge in [0, 0.05) is 19.1 Å². The Labute approximate surface area is 159 Å². The Bertz CT molecular complexity index is 500. The van der Waals surface area contributed by atoms with Gasteiger partial charge in [0.1, 0.15) is 5.60 Å². The van der Waals surface area contributed by atoms with Crippen LogP contribution >= 0.6 is 0 Å². The van der Waals surface area contributed by atoms with Crippen LogP contribution < -0.4 is 11.1 Å². The lowest BCUT2D eigenvalue weighted by molar-refractivity contribution is 0.0496. The zero-order chi connectivity index (χ0) is 19.4. The minimum absolute atomic E-state index is 0.123. The van der Waals surface area contributed by atoms with Crippen molar-refractivity contribution in [1.82, 2.24) is 10.2 Å². The van der Waals surface area contributed by atoms with Crippen LogP contribution in [0, 0.1) is 0 Å². The average Bonchev–Trinajstić information content (AvgIpc) is 2.57. The summed E-state index contributed by atoms with van der Waals surface area (Å²) < 4.78 is 5.37. The second-order valence-corrected chi connectivity index (χ2v) is 7.80. The van der Waals surface area contributed by atoms with Gasteiger partial charge in [0.05, 0.1) is 0 Å². The molecule has 0 saturated carbocycles. The fourth-order valence-corrected chi connectivity index (χ4v) is 2.78. The summed E-state index contributed by atoms with van der Waals surface area (Å²) in [4.78, 5) is 14.5. The molecule has 0 aliphatic heterocycles. The fourth-order valence-electron chi connectivity index (χ4n) is 2.78. The summed E-state index contributed by atoms with van der Waals surface area (Å²) >= 11 is 0. The molecule has 1 unspecified atom stereocenters. The molecule has 1 aromatic rings. The summed E-state index contributed by atoms with van der Waals surface area (Å²) in [5.41, 5.74) is 6.48. The highest BCUT2D eigenvalue weighted by atomic mass is 16.6. The number of ether oxygens (including phenoxy) is 1. The lowest BCUT2D eigenvalue weighted by Gasteiger charge is -2.26. The number of hydrogen-bond donors (Lipinski definition) is 2. The standard InChI is InChI=1S/C21H37N3O2/c1-5-19(23-20(25)26-21(2,3)4)13-16-24(15-10-9-14-22)17-18-11-7-6-8-12-18/h6-8,11-12,19H,5,9-10,13-17,22H2,1-4H3,(H,23,25). The highest BCUT2D eigenvalue weighted by Gasteiger charge is 2.19. The van der Waals surface area contributed by atoms with E-state index >= 15 is 0 Å². The van der Waals surface area contributed by atoms with Gasteiger partial charge in [0.15, 0.2) is 0 Å². The van der Waals surface area contributed by atoms with Gasteiger partial charge in [-0.05, 0) is 65.1 Å². The third kappa shape index (κ3) is 10.4. The summed E-state index contributed by atoms with van der Waals surface area (Å²) in [6, 6.07) is 10.6. The van der Waals surface area contributed by atoms with E-state index in [9.17, 15) is 4.79 Å². The van der Waals surface area contributed by atoms with Gasteiger partial charge >= 0.3 is 6.09 Å². The van der Waals surface area contributed by atoms with Gasteiger partial charge in [-0.1, -0.05) is 37.3 Å². The number of nitrogens with one attached hydrogen (secondary N) is 1. The number of nitrogens with zero attached hydrogens (tertiary/aromatic N) is 1. The Morgan fingerprint density at radius 1 is 1.19 bits per heavy atom. The van der Waals surface area contributed by atoms with Crippen molar-refractivity contribution >= 4 is 6.09 Å². The topological polar surface area (TPSA) is 67.6 Å². The van der Waals surface area contributed by atoms with Crippen molar-refractivity contribution in [2.75, 3.05) is 19.6 Å². The number of nitrogens with two attached hydrogens (primary N) is 1. The van der Waals surface area contributed by atoms with Crippen LogP contribution in [0.5, 0.6) is 0 Å². The van der Waals surface area contributed by atoms with Crippen LogP contribution in [0.25, 0.3) is 0 Å². The number of carbonyl (C=O) groups is 1. The maximum atomic E-state index is 12.0. The molecule has 0 heterocycles. The lowest BCUT2D eigenvalue weighted by Crippen LogP contribution is -2.40. The zero-order valence-electron chi connectivity index (χ0n) is 17.0. The van der Waals surface area contributed by atoms with Gasteiger partial charge in [0.25, 0.3) is 0 Å². The first-order valence-corrected chi connectivity index (χ1v) is 9.80. The molecule has 0 aromatic heterocycles. The van der Waals surface area contributed by atoms with E-state index in [0.717, 1.165) is 51.9 Å². The molecule has 1 aromatic carbocycles. The van der Waals surface area contributed by atoms with Crippen LogP contribution in [-0.4, -0.2) is 42.3 Å². The number of amides is 1. The van der Waals surface area contributed by atoms with E-state index in [-0.39, 0.29) is 12.1 Å². The van der Waals surface area contributed by atoms with Crippen LogP contribution in [0.2, 0.25) is 0 Å². The molecule has 0 saturated heterocycles. The molecule has 0 fully saturated rings. The first kappa shape index (κ1) is 22.5. The third-order valence-corrected chi connectivity index (χ3v) is 4.18. The number of unbranched alkanes of at least 4 members (excludes halogenated alkanes) is 1. The largest absolute Gasteiger partial charge is 0.444 e. The van der Waals surface area contributed by atoms with E-state index in [1.54, 1.807) is 0 Å². The summed E-state index contributed by atoms with van der Waals surface area (Å²) in [6.45, 7) is 11.4. The molecule has 0 aliphatic rings. The van der Waals surface area contributed by atoms with E-state index < -0.39 is 5.60 Å². The monoisotopic (exact) mass is 363 g/mol. The molecule has 3 N–H and O–H groups in total. The number of benzene rings is 1. The minimum Gasteiger partial charge on any atom is -0.444 e. The Morgan fingerprint density at radius 3 is 2.46 bits per heavy atom. The molecular formula is C21H37N3O2. The summed E-state index contributed by atoms with van der Waals surface area (Å²) in [6.07, 6.45) is 3.60. The molecule has 148 valence electrons. The average molecular weight is 364 g/mol. The normalized spacial score (nSPS) is 12.8. The number of alkyl carbamates (subject to hydrolysis) is 1. The SMILES string of the molecule is CCC(CCN(CCCCN)Cc1ccccc1)NC(=O)OC(C)(C)C. The molecule has 1 amide bonds. The molecule has 5 heteroatoms. The van der Waals surface area contributed by atoms with Crippen LogP contribution in [0.1, 0.15) is 58.9 Å². The molecule has 0 aliphatic carbocycles. The van der Waals surface area contributed by atoms with Gasteiger partial charge < -0.3 is 15.8 Å². The summed E-state index contributed by atoms with van der Waals surface area (Å²) in [5, 5.41) is 3.00. The van der Waals surface area contributed by atoms with Crippen molar-refractivity contribution in [3.8, 4) is 0 Å². The van der Waals surface area contributed by atoms with Gasteiger partial charge in [0.2, 0.25) is 0 Å². The first-order valence-electron chi connectivity index (χ1n) is 9.80. The van der Waals surface area contributed by atoms with E-state index in [0.29, 0.717) is 0 Å². The zero-order valence-corrected chi connectivity index (χ0v) is 17.0. The fraction of sp³-hybridized carbons (Fsp3) is 0.667. The Morgan fingerprint density at radius 2 is 1.88 bits per heavy atom. The Hall–Kier alpha value is -1.59. The first-order chi connectivity index (χ1) is 12.3. The third-order valence-electron chi connectivity index (χ3n) is 4.18. The molecule has 0 spiro atoms. The van der Waals surface area contributed by atoms with Crippen molar-refractivity contribution in [2.24, 2.45) is 5.73 Å². The predicted molar refractivity (Wildman–Crippen MR) is 108 cm³/mol. The number of rotatable bonds is 11. The smallest absolute Gasteiger partial charge is 0.407 e. The predicted octanol–water partition coefficient (Wildman–Crippen LogP) is 3.92. The van der Waals surface area contributed by atoms with Gasteiger partial charge in [-0.3, -0.25) is 4.90 Å². The molecule has 1 rings (SSSR count). The number of carbonyl (C=O) groups excluding carboxylic acids is 1. The summed E-state index contributed by atoms with van der Waals surface area (Å²) in [7, 11) is 0. The van der Waals surface area contributed by atoms with Crippen molar-refractivity contribution < 1.29 is 9.53 Å². The van der Waals surface area contributed by atoms with Gasteiger partial charge in [-0.2, -0.15) is 0 Å². The van der Waals surface area contributed by atoms with Crippen molar-refractivity contribution in [2.45, 2.75) is 71.6 Å². The van der Waals surface area contributed by atoms with Crippen molar-refractivity contribution in [3.63, 3.8) is 0 Å². The Kier molecular flexibility index (Phi) is 10.3. The maximum Gasteiger partial charge on any atom is 0.407 e. The molecule has 26 heavy (non-hydrogen) atoms. The van der Waals surface area contributed by atoms with E-state index in [1.165, 1.54) is 5.56 Å². The minimum atomic E-state index is -0.468. The highest BCUT2D eigenvalue weighted by molar-refractivity contribution is 5.68. The van der Waals surface area contributed by atoms with E-state index in [4.69, 9.17) is 10.5 Å². The molecule has 1 atom stereocenters. The van der Waals surface area contributed by atoms with Crippen LogP contribution in [-0.2, 0) is 11.3 Å². The van der Waals surface area contributed by atoms with Gasteiger partial charge in [-0.15, -0.1) is 0 Å². The van der Waals surface area contributed by atoms with E-state index in [2.05, 4.69) is 41.4 Å². The maximum absolute atomic E-state index is 12.0. The van der Waals surface area contributed by atoms with Crippen LogP contribution in [0.4, 0.5) is 4.79 Å². The molecule has 0 bridgehead atoms. The lowest BCUT2D eigenvalue weighted by atomic mass is 10.1. The summed E-state index contributed by atoms with van der Waals surface area (Å²) in [5.74, 6) is 0. The highest BCUT2D eigenvalue weighted by Crippen LogP contribution is 2.11.